The van der Waals surface area contributed by atoms with Crippen molar-refractivity contribution in [3.63, 3.8) is 0 Å². The number of fused-ring (bicyclic) bond motifs is 1. The third kappa shape index (κ3) is 3.04. The van der Waals surface area contributed by atoms with Gasteiger partial charge in [-0.3, -0.25) is 9.48 Å². The van der Waals surface area contributed by atoms with Crippen molar-refractivity contribution >= 4 is 22.9 Å². The number of aromatic nitrogens is 6. The van der Waals surface area contributed by atoms with Crippen molar-refractivity contribution in [1.82, 2.24) is 35.5 Å². The van der Waals surface area contributed by atoms with Gasteiger partial charge in [-0.1, -0.05) is 0 Å². The van der Waals surface area contributed by atoms with Crippen molar-refractivity contribution in [2.75, 3.05) is 18.0 Å². The average molecular weight is 340 g/mol. The molecule has 1 unspecified atom stereocenters. The lowest BCUT2D eigenvalue weighted by molar-refractivity contribution is 0.0933. The summed E-state index contributed by atoms with van der Waals surface area (Å²) in [5.74, 6) is 0.951. The maximum atomic E-state index is 12.5. The molecule has 4 rings (SSSR count). The Morgan fingerprint density at radius 3 is 3.04 bits per heavy atom. The monoisotopic (exact) mass is 340 g/mol. The fraction of sp³-hybridized carbons (Fsp3) is 0.438. The molecule has 1 aliphatic rings. The van der Waals surface area contributed by atoms with Gasteiger partial charge in [-0.25, -0.2) is 4.98 Å². The molecule has 130 valence electrons. The van der Waals surface area contributed by atoms with Gasteiger partial charge in [0.1, 0.15) is 11.3 Å². The van der Waals surface area contributed by atoms with Crippen molar-refractivity contribution in [2.24, 2.45) is 7.05 Å². The summed E-state index contributed by atoms with van der Waals surface area (Å²) in [7, 11) is 1.95. The van der Waals surface area contributed by atoms with Crippen LogP contribution in [0, 0.1) is 6.92 Å². The number of amides is 1. The van der Waals surface area contributed by atoms with Crippen molar-refractivity contribution in [1.29, 1.82) is 0 Å². The van der Waals surface area contributed by atoms with Crippen LogP contribution in [0.3, 0.4) is 0 Å². The summed E-state index contributed by atoms with van der Waals surface area (Å²) < 4.78 is 1.89. The van der Waals surface area contributed by atoms with Crippen LogP contribution in [-0.4, -0.2) is 55.2 Å². The molecule has 0 spiro atoms. The van der Waals surface area contributed by atoms with Crippen LogP contribution in [0.25, 0.3) is 11.2 Å². The zero-order valence-electron chi connectivity index (χ0n) is 14.2. The van der Waals surface area contributed by atoms with E-state index in [2.05, 4.69) is 41.8 Å². The molecule has 1 fully saturated rings. The zero-order valence-corrected chi connectivity index (χ0v) is 14.2. The molecule has 0 aromatic carbocycles. The lowest BCUT2D eigenvalue weighted by Crippen LogP contribution is -2.48. The van der Waals surface area contributed by atoms with Crippen LogP contribution in [0.2, 0.25) is 0 Å². The first kappa shape index (κ1) is 15.6. The molecule has 1 amide bonds. The average Bonchev–Trinajstić information content (AvgIpc) is 3.20. The minimum absolute atomic E-state index is 0.0875. The topological polar surface area (TPSA) is 105 Å². The van der Waals surface area contributed by atoms with Crippen molar-refractivity contribution in [3.05, 3.63) is 29.6 Å². The molecule has 3 aromatic heterocycles. The second-order valence-electron chi connectivity index (χ2n) is 6.42. The number of pyridine rings is 1. The number of hydrogen-bond donors (Lipinski definition) is 2. The van der Waals surface area contributed by atoms with E-state index >= 15 is 0 Å². The van der Waals surface area contributed by atoms with E-state index in [-0.39, 0.29) is 11.9 Å². The maximum absolute atomic E-state index is 12.5. The Bertz CT molecular complexity index is 914. The largest absolute Gasteiger partial charge is 0.355 e. The van der Waals surface area contributed by atoms with Crippen LogP contribution in [0.5, 0.6) is 0 Å². The van der Waals surface area contributed by atoms with E-state index in [1.807, 2.05) is 18.7 Å². The van der Waals surface area contributed by atoms with E-state index in [1.165, 1.54) is 6.20 Å². The summed E-state index contributed by atoms with van der Waals surface area (Å²) in [6.45, 7) is 3.72. The molecule has 9 nitrogen and oxygen atoms in total. The van der Waals surface area contributed by atoms with Crippen LogP contribution in [0.4, 0.5) is 5.82 Å². The molecule has 1 atom stereocenters. The van der Waals surface area contributed by atoms with Gasteiger partial charge in [-0.05, 0) is 25.8 Å². The van der Waals surface area contributed by atoms with Crippen LogP contribution >= 0.6 is 0 Å². The highest BCUT2D eigenvalue weighted by molar-refractivity contribution is 5.96. The Labute approximate surface area is 144 Å². The standard InChI is InChI=1S/C16H20N8O/c1-10-6-14(23(2)21-10)24-5-3-4-12(9-24)18-16(25)11-7-13-15(17-8-11)20-22-19-13/h6-8,12H,3-5,9H2,1-2H3,(H,18,25)(H,17,19,20,22). The quantitative estimate of drug-likeness (QED) is 0.730. The highest BCUT2D eigenvalue weighted by Gasteiger charge is 2.24. The van der Waals surface area contributed by atoms with Gasteiger partial charge in [0, 0.05) is 38.4 Å². The third-order valence-electron chi connectivity index (χ3n) is 4.49. The normalized spacial score (nSPS) is 17.8. The highest BCUT2D eigenvalue weighted by atomic mass is 16.1. The molecular formula is C16H20N8O. The Morgan fingerprint density at radius 1 is 1.36 bits per heavy atom. The number of aryl methyl sites for hydroxylation is 2. The molecular weight excluding hydrogens is 320 g/mol. The van der Waals surface area contributed by atoms with Crippen molar-refractivity contribution in [2.45, 2.75) is 25.8 Å². The van der Waals surface area contributed by atoms with Crippen LogP contribution in [0.1, 0.15) is 28.9 Å². The van der Waals surface area contributed by atoms with E-state index in [4.69, 9.17) is 0 Å². The summed E-state index contributed by atoms with van der Waals surface area (Å²) in [4.78, 5) is 19.0. The molecule has 3 aromatic rings. The minimum Gasteiger partial charge on any atom is -0.355 e. The number of carbonyl (C=O) groups is 1. The fourth-order valence-electron chi connectivity index (χ4n) is 3.33. The molecule has 2 N–H and O–H groups in total. The maximum Gasteiger partial charge on any atom is 0.253 e. The summed E-state index contributed by atoms with van der Waals surface area (Å²) >= 11 is 0. The van der Waals surface area contributed by atoms with Gasteiger partial charge in [0.25, 0.3) is 5.91 Å². The van der Waals surface area contributed by atoms with E-state index in [1.54, 1.807) is 6.07 Å². The summed E-state index contributed by atoms with van der Waals surface area (Å²) in [5, 5.41) is 17.9. The van der Waals surface area contributed by atoms with Crippen LogP contribution in [-0.2, 0) is 7.05 Å². The lowest BCUT2D eigenvalue weighted by Gasteiger charge is -2.34. The Balaban J connectivity index is 1.46. The number of hydrogen-bond acceptors (Lipinski definition) is 6. The third-order valence-corrected chi connectivity index (χ3v) is 4.49. The van der Waals surface area contributed by atoms with Gasteiger partial charge in [0.15, 0.2) is 0 Å². The fourth-order valence-corrected chi connectivity index (χ4v) is 3.33. The second-order valence-corrected chi connectivity index (χ2v) is 6.42. The zero-order chi connectivity index (χ0) is 17.4. The van der Waals surface area contributed by atoms with Gasteiger partial charge in [-0.2, -0.15) is 15.4 Å². The summed E-state index contributed by atoms with van der Waals surface area (Å²) in [5.41, 5.74) is 2.58. The van der Waals surface area contributed by atoms with Crippen molar-refractivity contribution < 1.29 is 4.79 Å². The predicted octanol–water partition coefficient (Wildman–Crippen LogP) is 0.794. The Morgan fingerprint density at radius 2 is 2.24 bits per heavy atom. The Hall–Kier alpha value is -2.97. The minimum atomic E-state index is -0.134. The van der Waals surface area contributed by atoms with Gasteiger partial charge >= 0.3 is 0 Å². The first-order valence-electron chi connectivity index (χ1n) is 8.33. The molecule has 1 aliphatic heterocycles. The van der Waals surface area contributed by atoms with Crippen LogP contribution in [0.15, 0.2) is 18.3 Å². The first-order valence-corrected chi connectivity index (χ1v) is 8.33. The molecule has 0 saturated carbocycles. The second kappa shape index (κ2) is 6.15. The van der Waals surface area contributed by atoms with Gasteiger partial charge in [0.2, 0.25) is 5.65 Å². The Kier molecular flexibility index (Phi) is 3.83. The molecule has 0 aliphatic carbocycles. The van der Waals surface area contributed by atoms with E-state index in [0.717, 1.165) is 37.4 Å². The number of H-pyrrole nitrogens is 1. The molecule has 4 heterocycles. The van der Waals surface area contributed by atoms with Gasteiger partial charge in [-0.15, -0.1) is 5.10 Å². The van der Waals surface area contributed by atoms with E-state index in [0.29, 0.717) is 16.7 Å². The number of piperidine rings is 1. The van der Waals surface area contributed by atoms with Gasteiger partial charge in [0.05, 0.1) is 11.3 Å². The molecule has 9 heteroatoms. The number of nitrogens with zero attached hydrogens (tertiary/aromatic N) is 6. The van der Waals surface area contributed by atoms with Crippen LogP contribution < -0.4 is 10.2 Å². The van der Waals surface area contributed by atoms with Gasteiger partial charge < -0.3 is 10.2 Å². The molecule has 0 bridgehead atoms. The number of nitrogens with one attached hydrogen (secondary N) is 2. The number of rotatable bonds is 3. The number of aromatic amines is 1. The highest BCUT2D eigenvalue weighted by Crippen LogP contribution is 2.20. The van der Waals surface area contributed by atoms with E-state index < -0.39 is 0 Å². The predicted molar refractivity (Wildman–Crippen MR) is 92.3 cm³/mol. The molecule has 25 heavy (non-hydrogen) atoms. The first-order chi connectivity index (χ1) is 12.1. The summed E-state index contributed by atoms with van der Waals surface area (Å²) in [6, 6.07) is 3.86. The molecule has 0 radical (unpaired) electrons. The van der Waals surface area contributed by atoms with Crippen molar-refractivity contribution in [3.8, 4) is 0 Å². The smallest absolute Gasteiger partial charge is 0.253 e. The number of carbonyl (C=O) groups excluding carboxylic acids is 1. The lowest BCUT2D eigenvalue weighted by atomic mass is 10.1. The summed E-state index contributed by atoms with van der Waals surface area (Å²) in [6.07, 6.45) is 3.51. The van der Waals surface area contributed by atoms with E-state index in [9.17, 15) is 4.79 Å². The SMILES string of the molecule is Cc1cc(N2CCCC(NC(=O)c3cnc4n[nH]nc4c3)C2)n(C)n1. The molecule has 1 saturated heterocycles. The number of anilines is 1.